The van der Waals surface area contributed by atoms with Crippen LogP contribution in [0.15, 0.2) is 72.8 Å². The van der Waals surface area contributed by atoms with Crippen molar-refractivity contribution in [3.05, 3.63) is 94.8 Å². The highest BCUT2D eigenvalue weighted by Crippen LogP contribution is 2.42. The van der Waals surface area contributed by atoms with Gasteiger partial charge in [-0.2, -0.15) is 0 Å². The second-order valence-electron chi connectivity index (χ2n) is 10.9. The Kier molecular flexibility index (Phi) is 8.03. The van der Waals surface area contributed by atoms with E-state index in [1.54, 1.807) is 42.5 Å². The van der Waals surface area contributed by atoms with Gasteiger partial charge in [-0.25, -0.2) is 4.39 Å². The first-order valence-electron chi connectivity index (χ1n) is 12.8. The Bertz CT molecular complexity index is 1270. The number of halogens is 2. The van der Waals surface area contributed by atoms with Crippen LogP contribution in [0.1, 0.15) is 56.0 Å². The molecule has 0 aromatic heterocycles. The van der Waals surface area contributed by atoms with Gasteiger partial charge in [-0.05, 0) is 65.1 Å². The van der Waals surface area contributed by atoms with Crippen molar-refractivity contribution in [2.24, 2.45) is 11.3 Å². The summed E-state index contributed by atoms with van der Waals surface area (Å²) in [6.45, 7) is 9.46. The first kappa shape index (κ1) is 26.9. The van der Waals surface area contributed by atoms with Gasteiger partial charge in [0.15, 0.2) is 0 Å². The summed E-state index contributed by atoms with van der Waals surface area (Å²) in [4.78, 5) is 28.8. The average Bonchev–Trinajstić information content (AvgIpc) is 2.87. The van der Waals surface area contributed by atoms with E-state index in [1.165, 1.54) is 11.6 Å². The second-order valence-corrected chi connectivity index (χ2v) is 11.3. The molecule has 194 valence electrons. The number of carbonyl (C=O) groups excluding carboxylic acids is 2. The molecule has 1 N–H and O–H groups in total. The van der Waals surface area contributed by atoms with E-state index < -0.39 is 6.04 Å². The molecule has 1 heterocycles. The van der Waals surface area contributed by atoms with Gasteiger partial charge in [0, 0.05) is 29.2 Å². The van der Waals surface area contributed by atoms with Gasteiger partial charge in [-0.15, -0.1) is 0 Å². The van der Waals surface area contributed by atoms with Crippen LogP contribution in [-0.2, 0) is 4.79 Å². The predicted molar refractivity (Wildman–Crippen MR) is 147 cm³/mol. The summed E-state index contributed by atoms with van der Waals surface area (Å²) in [6.07, 6.45) is 0.837. The van der Waals surface area contributed by atoms with Gasteiger partial charge >= 0.3 is 0 Å². The maximum atomic E-state index is 14.3. The molecule has 1 aliphatic heterocycles. The highest BCUT2D eigenvalue weighted by molar-refractivity contribution is 6.30. The Morgan fingerprint density at radius 3 is 2.38 bits per heavy atom. The lowest BCUT2D eigenvalue weighted by Crippen LogP contribution is -2.55. The number of benzene rings is 3. The number of nitrogens with zero attached hydrogens (tertiary/aromatic N) is 1. The maximum absolute atomic E-state index is 14.3. The van der Waals surface area contributed by atoms with Gasteiger partial charge in [-0.1, -0.05) is 81.8 Å². The number of likely N-dealkylation sites (tertiary alicyclic amines) is 1. The number of piperidine rings is 1. The maximum Gasteiger partial charge on any atom is 0.251 e. The van der Waals surface area contributed by atoms with Crippen LogP contribution >= 0.6 is 11.6 Å². The Balaban J connectivity index is 1.48. The third-order valence-corrected chi connectivity index (χ3v) is 7.59. The summed E-state index contributed by atoms with van der Waals surface area (Å²) >= 11 is 6.08. The van der Waals surface area contributed by atoms with Gasteiger partial charge in [0.1, 0.15) is 11.9 Å². The second kappa shape index (κ2) is 11.1. The van der Waals surface area contributed by atoms with Crippen LogP contribution in [0.4, 0.5) is 4.39 Å². The fraction of sp³-hybridized carbons (Fsp3) is 0.355. The zero-order valence-electron chi connectivity index (χ0n) is 21.8. The van der Waals surface area contributed by atoms with Crippen LogP contribution in [-0.4, -0.2) is 35.8 Å². The van der Waals surface area contributed by atoms with Crippen molar-refractivity contribution in [1.82, 2.24) is 10.2 Å². The van der Waals surface area contributed by atoms with Crippen LogP contribution in [0, 0.1) is 17.2 Å². The third kappa shape index (κ3) is 6.04. The average molecular weight is 521 g/mol. The van der Waals surface area contributed by atoms with Crippen LogP contribution in [0.3, 0.4) is 0 Å². The monoisotopic (exact) mass is 520 g/mol. The highest BCUT2D eigenvalue weighted by atomic mass is 35.5. The van der Waals surface area contributed by atoms with Crippen LogP contribution < -0.4 is 5.32 Å². The Labute approximate surface area is 223 Å². The zero-order chi connectivity index (χ0) is 26.7. The van der Waals surface area contributed by atoms with Gasteiger partial charge in [0.05, 0.1) is 0 Å². The predicted octanol–water partition coefficient (Wildman–Crippen LogP) is 6.94. The SMILES string of the molecule is CC(C)[C@@H](NC(=O)c1cccc(-c2ccccc2F)c1)C(=O)N1CC[C@H](c2ccc(Cl)cc2)C(C)(C)C1. The number of rotatable bonds is 6. The molecule has 0 radical (unpaired) electrons. The van der Waals surface area contributed by atoms with Crippen molar-refractivity contribution in [3.63, 3.8) is 0 Å². The molecule has 2 amide bonds. The summed E-state index contributed by atoms with van der Waals surface area (Å²) in [7, 11) is 0. The number of hydrogen-bond acceptors (Lipinski definition) is 2. The topological polar surface area (TPSA) is 49.4 Å². The van der Waals surface area contributed by atoms with E-state index >= 15 is 0 Å². The third-order valence-electron chi connectivity index (χ3n) is 7.34. The summed E-state index contributed by atoms with van der Waals surface area (Å²) in [6, 6.07) is 20.6. The molecule has 1 saturated heterocycles. The van der Waals surface area contributed by atoms with Gasteiger partial charge < -0.3 is 10.2 Å². The molecule has 0 spiro atoms. The van der Waals surface area contributed by atoms with Crippen LogP contribution in [0.25, 0.3) is 11.1 Å². The molecule has 0 unspecified atom stereocenters. The molecule has 2 atom stereocenters. The molecular weight excluding hydrogens is 487 g/mol. The van der Waals surface area contributed by atoms with Crippen LogP contribution in [0.2, 0.25) is 5.02 Å². The normalized spacial score (nSPS) is 17.9. The molecule has 0 bridgehead atoms. The molecule has 6 heteroatoms. The Morgan fingerprint density at radius 2 is 1.73 bits per heavy atom. The van der Waals surface area contributed by atoms with Crippen molar-refractivity contribution in [1.29, 1.82) is 0 Å². The van der Waals surface area contributed by atoms with E-state index in [4.69, 9.17) is 11.6 Å². The molecule has 37 heavy (non-hydrogen) atoms. The van der Waals surface area contributed by atoms with Gasteiger partial charge in [0.25, 0.3) is 5.91 Å². The lowest BCUT2D eigenvalue weighted by atomic mass is 9.70. The Morgan fingerprint density at radius 1 is 1.03 bits per heavy atom. The zero-order valence-corrected chi connectivity index (χ0v) is 22.6. The first-order chi connectivity index (χ1) is 17.6. The molecular formula is C31H34ClFN2O2. The highest BCUT2D eigenvalue weighted by Gasteiger charge is 2.40. The number of carbonyl (C=O) groups is 2. The minimum absolute atomic E-state index is 0.0729. The van der Waals surface area contributed by atoms with E-state index in [0.717, 1.165) is 6.42 Å². The fourth-order valence-corrected chi connectivity index (χ4v) is 5.44. The van der Waals surface area contributed by atoms with E-state index in [0.29, 0.717) is 40.7 Å². The van der Waals surface area contributed by atoms with Crippen LogP contribution in [0.5, 0.6) is 0 Å². The molecule has 3 aromatic carbocycles. The molecule has 0 saturated carbocycles. The number of hydrogen-bond donors (Lipinski definition) is 1. The van der Waals surface area contributed by atoms with Gasteiger partial charge in [0.2, 0.25) is 5.91 Å². The summed E-state index contributed by atoms with van der Waals surface area (Å²) in [5.74, 6) is -0.554. The van der Waals surface area contributed by atoms with E-state index in [-0.39, 0.29) is 29.0 Å². The number of amides is 2. The van der Waals surface area contributed by atoms with Crippen molar-refractivity contribution in [2.75, 3.05) is 13.1 Å². The summed E-state index contributed by atoms with van der Waals surface area (Å²) < 4.78 is 14.3. The fourth-order valence-electron chi connectivity index (χ4n) is 5.32. The van der Waals surface area contributed by atoms with E-state index in [1.807, 2.05) is 30.9 Å². The summed E-state index contributed by atoms with van der Waals surface area (Å²) in [5.41, 5.74) is 2.52. The quantitative estimate of drug-likeness (QED) is 0.382. The standard InChI is InChI=1S/C31H34ClFN2O2/c1-20(2)28(34-29(36)23-9-7-8-22(18-23)25-10-5-6-11-27(25)33)30(37)35-17-16-26(31(3,4)19-35)21-12-14-24(32)15-13-21/h5-15,18,20,26,28H,16-17,19H2,1-4H3,(H,34,36)/t26-,28-/m1/s1. The minimum atomic E-state index is -0.660. The molecule has 4 nitrogen and oxygen atoms in total. The first-order valence-corrected chi connectivity index (χ1v) is 13.1. The van der Waals surface area contributed by atoms with E-state index in [9.17, 15) is 14.0 Å². The number of nitrogens with one attached hydrogen (secondary N) is 1. The van der Waals surface area contributed by atoms with Crippen molar-refractivity contribution in [2.45, 2.75) is 46.1 Å². The van der Waals surface area contributed by atoms with Gasteiger partial charge in [-0.3, -0.25) is 9.59 Å². The Hall–Kier alpha value is -3.18. The largest absolute Gasteiger partial charge is 0.340 e. The molecule has 1 aliphatic rings. The minimum Gasteiger partial charge on any atom is -0.340 e. The lowest BCUT2D eigenvalue weighted by molar-refractivity contribution is -0.137. The molecule has 0 aliphatic carbocycles. The smallest absolute Gasteiger partial charge is 0.251 e. The van der Waals surface area contributed by atoms with Crippen molar-refractivity contribution < 1.29 is 14.0 Å². The lowest BCUT2D eigenvalue weighted by Gasteiger charge is -2.45. The van der Waals surface area contributed by atoms with E-state index in [2.05, 4.69) is 31.3 Å². The molecule has 4 rings (SSSR count). The molecule has 3 aromatic rings. The van der Waals surface area contributed by atoms with Crippen molar-refractivity contribution >= 4 is 23.4 Å². The summed E-state index contributed by atoms with van der Waals surface area (Å²) in [5, 5.41) is 3.67. The molecule has 1 fully saturated rings. The van der Waals surface area contributed by atoms with Crippen molar-refractivity contribution in [3.8, 4) is 11.1 Å².